The second-order valence-electron chi connectivity index (χ2n) is 5.54. The summed E-state index contributed by atoms with van der Waals surface area (Å²) in [6.45, 7) is 2.97. The largest absolute Gasteiger partial charge is 0.387 e. The molecule has 0 aliphatic carbocycles. The first-order chi connectivity index (χ1) is 9.75. The monoisotopic (exact) mass is 291 g/mol. The number of β-amino-alcohol motifs (C(OH)–C–C–N with tert-alkyl or cyclic N) is 1. The van der Waals surface area contributed by atoms with Crippen LogP contribution in [-0.2, 0) is 11.2 Å². The van der Waals surface area contributed by atoms with E-state index in [1.165, 1.54) is 15.0 Å². The highest BCUT2D eigenvalue weighted by molar-refractivity contribution is 7.19. The molecule has 3 rings (SSSR count). The van der Waals surface area contributed by atoms with Crippen LogP contribution in [-0.4, -0.2) is 37.0 Å². The van der Waals surface area contributed by atoms with Crippen molar-refractivity contribution in [2.24, 2.45) is 0 Å². The van der Waals surface area contributed by atoms with E-state index >= 15 is 0 Å². The number of fused-ring (bicyclic) bond motifs is 1. The van der Waals surface area contributed by atoms with Crippen LogP contribution >= 0.6 is 11.3 Å². The zero-order valence-electron chi connectivity index (χ0n) is 11.6. The van der Waals surface area contributed by atoms with Crippen LogP contribution in [0.1, 0.15) is 17.7 Å². The third kappa shape index (κ3) is 3.38. The van der Waals surface area contributed by atoms with Crippen LogP contribution in [0, 0.1) is 0 Å². The van der Waals surface area contributed by atoms with Gasteiger partial charge in [-0.2, -0.15) is 0 Å². The molecule has 2 aromatic rings. The molecule has 108 valence electrons. The second-order valence-corrected chi connectivity index (χ2v) is 6.71. The zero-order valence-corrected chi connectivity index (χ0v) is 12.4. The molecule has 1 aliphatic heterocycles. The van der Waals surface area contributed by atoms with Gasteiger partial charge in [-0.25, -0.2) is 0 Å². The van der Waals surface area contributed by atoms with Crippen LogP contribution in [0.25, 0.3) is 10.1 Å². The first kappa shape index (κ1) is 14.0. The molecular formula is C16H21NO2S. The summed E-state index contributed by atoms with van der Waals surface area (Å²) in [4.78, 5) is 1.38. The molecule has 1 saturated heterocycles. The Morgan fingerprint density at radius 2 is 2.10 bits per heavy atom. The van der Waals surface area contributed by atoms with E-state index in [-0.39, 0.29) is 0 Å². The van der Waals surface area contributed by atoms with Crippen molar-refractivity contribution in [3.8, 4) is 0 Å². The Morgan fingerprint density at radius 3 is 2.85 bits per heavy atom. The van der Waals surface area contributed by atoms with E-state index < -0.39 is 5.60 Å². The minimum Gasteiger partial charge on any atom is -0.387 e. The molecule has 2 N–H and O–H groups in total. The lowest BCUT2D eigenvalue weighted by Crippen LogP contribution is -2.59. The van der Waals surface area contributed by atoms with Gasteiger partial charge in [0.25, 0.3) is 0 Å². The van der Waals surface area contributed by atoms with E-state index in [0.29, 0.717) is 0 Å². The van der Waals surface area contributed by atoms with Gasteiger partial charge in [-0.05, 0) is 30.4 Å². The lowest BCUT2D eigenvalue weighted by atomic mass is 9.92. The Morgan fingerprint density at radius 1 is 1.25 bits per heavy atom. The Bertz CT molecular complexity index is 529. The second kappa shape index (κ2) is 6.22. The summed E-state index contributed by atoms with van der Waals surface area (Å²) >= 11 is 1.85. The maximum Gasteiger partial charge on any atom is 0.0895 e. The fourth-order valence-electron chi connectivity index (χ4n) is 2.53. The SMILES string of the molecule is OC1(CCCOCCc2cc3ccccc3s2)CNC1. The molecule has 0 atom stereocenters. The molecule has 1 aromatic heterocycles. The standard InChI is InChI=1S/C16H21NO2S/c18-16(11-17-12-16)7-3-8-19-9-6-14-10-13-4-1-2-5-15(13)20-14/h1-2,4-5,10,17-18H,3,6-9,11-12H2. The highest BCUT2D eigenvalue weighted by atomic mass is 32.1. The van der Waals surface area contributed by atoms with Crippen molar-refractivity contribution in [1.29, 1.82) is 0 Å². The van der Waals surface area contributed by atoms with Gasteiger partial charge in [0, 0.05) is 35.7 Å². The van der Waals surface area contributed by atoms with Gasteiger partial charge in [0.05, 0.1) is 12.2 Å². The number of rotatable bonds is 7. The van der Waals surface area contributed by atoms with Crippen molar-refractivity contribution < 1.29 is 9.84 Å². The van der Waals surface area contributed by atoms with Gasteiger partial charge in [0.1, 0.15) is 0 Å². The number of nitrogens with one attached hydrogen (secondary N) is 1. The molecule has 3 nitrogen and oxygen atoms in total. The van der Waals surface area contributed by atoms with E-state index in [4.69, 9.17) is 4.74 Å². The van der Waals surface area contributed by atoms with Crippen molar-refractivity contribution in [3.05, 3.63) is 35.2 Å². The summed E-state index contributed by atoms with van der Waals surface area (Å²) in [5.74, 6) is 0. The Hall–Kier alpha value is -0.940. The highest BCUT2D eigenvalue weighted by Crippen LogP contribution is 2.25. The third-order valence-corrected chi connectivity index (χ3v) is 4.98. The molecule has 4 heteroatoms. The molecule has 1 aromatic carbocycles. The van der Waals surface area contributed by atoms with Crippen LogP contribution in [0.5, 0.6) is 0 Å². The number of thiophene rings is 1. The number of benzene rings is 1. The Kier molecular flexibility index (Phi) is 4.36. The molecule has 20 heavy (non-hydrogen) atoms. The fourth-order valence-corrected chi connectivity index (χ4v) is 3.57. The normalized spacial score (nSPS) is 17.2. The predicted octanol–water partition coefficient (Wildman–Crippen LogP) is 2.57. The lowest BCUT2D eigenvalue weighted by Gasteiger charge is -2.37. The van der Waals surface area contributed by atoms with Crippen LogP contribution in [0.15, 0.2) is 30.3 Å². The number of hydrogen-bond acceptors (Lipinski definition) is 4. The molecule has 0 amide bonds. The van der Waals surface area contributed by atoms with Crippen LogP contribution in [0.3, 0.4) is 0 Å². The van der Waals surface area contributed by atoms with Crippen molar-refractivity contribution in [2.45, 2.75) is 24.9 Å². The lowest BCUT2D eigenvalue weighted by molar-refractivity contribution is -0.0245. The molecule has 0 radical (unpaired) electrons. The van der Waals surface area contributed by atoms with E-state index in [1.807, 2.05) is 11.3 Å². The smallest absolute Gasteiger partial charge is 0.0895 e. The fraction of sp³-hybridized carbons (Fsp3) is 0.500. The molecule has 1 aliphatic rings. The summed E-state index contributed by atoms with van der Waals surface area (Å²) in [5, 5.41) is 14.3. The predicted molar refractivity (Wildman–Crippen MR) is 83.4 cm³/mol. The summed E-state index contributed by atoms with van der Waals surface area (Å²) in [5.41, 5.74) is -0.463. The summed E-state index contributed by atoms with van der Waals surface area (Å²) in [6.07, 6.45) is 2.75. The van der Waals surface area contributed by atoms with Gasteiger partial charge in [0.15, 0.2) is 0 Å². The molecule has 0 bridgehead atoms. The summed E-state index contributed by atoms with van der Waals surface area (Å²) in [7, 11) is 0. The Labute approximate surface area is 123 Å². The molecular weight excluding hydrogens is 270 g/mol. The summed E-state index contributed by atoms with van der Waals surface area (Å²) in [6, 6.07) is 10.7. The minimum atomic E-state index is -0.463. The molecule has 1 fully saturated rings. The van der Waals surface area contributed by atoms with E-state index in [0.717, 1.165) is 45.6 Å². The molecule has 0 spiro atoms. The van der Waals surface area contributed by atoms with E-state index in [9.17, 15) is 5.11 Å². The Balaban J connectivity index is 1.35. The molecule has 0 unspecified atom stereocenters. The van der Waals surface area contributed by atoms with E-state index in [1.54, 1.807) is 0 Å². The average molecular weight is 291 g/mol. The molecule has 2 heterocycles. The van der Waals surface area contributed by atoms with Gasteiger partial charge >= 0.3 is 0 Å². The quantitative estimate of drug-likeness (QED) is 0.770. The van der Waals surface area contributed by atoms with Crippen LogP contribution in [0.4, 0.5) is 0 Å². The first-order valence-electron chi connectivity index (χ1n) is 7.24. The van der Waals surface area contributed by atoms with E-state index in [2.05, 4.69) is 35.6 Å². The van der Waals surface area contributed by atoms with Crippen molar-refractivity contribution in [1.82, 2.24) is 5.32 Å². The maximum absolute atomic E-state index is 9.91. The highest BCUT2D eigenvalue weighted by Gasteiger charge is 2.33. The third-order valence-electron chi connectivity index (χ3n) is 3.81. The summed E-state index contributed by atoms with van der Waals surface area (Å²) < 4.78 is 7.02. The van der Waals surface area contributed by atoms with Gasteiger partial charge in [0.2, 0.25) is 0 Å². The van der Waals surface area contributed by atoms with Crippen LogP contribution in [0.2, 0.25) is 0 Å². The van der Waals surface area contributed by atoms with Crippen molar-refractivity contribution in [3.63, 3.8) is 0 Å². The van der Waals surface area contributed by atoms with Crippen molar-refractivity contribution in [2.75, 3.05) is 26.3 Å². The average Bonchev–Trinajstić information content (AvgIpc) is 2.83. The van der Waals surface area contributed by atoms with Gasteiger partial charge in [-0.15, -0.1) is 11.3 Å². The molecule has 0 saturated carbocycles. The van der Waals surface area contributed by atoms with Gasteiger partial charge < -0.3 is 15.2 Å². The van der Waals surface area contributed by atoms with Gasteiger partial charge in [-0.1, -0.05) is 18.2 Å². The number of hydrogen-bond donors (Lipinski definition) is 2. The first-order valence-corrected chi connectivity index (χ1v) is 8.05. The topological polar surface area (TPSA) is 41.5 Å². The zero-order chi connectivity index (χ0) is 13.8. The van der Waals surface area contributed by atoms with Gasteiger partial charge in [-0.3, -0.25) is 0 Å². The number of aliphatic hydroxyl groups is 1. The maximum atomic E-state index is 9.91. The van der Waals surface area contributed by atoms with Crippen LogP contribution < -0.4 is 5.32 Å². The van der Waals surface area contributed by atoms with Crippen molar-refractivity contribution >= 4 is 21.4 Å². The minimum absolute atomic E-state index is 0.463. The number of ether oxygens (including phenoxy) is 1.